The molecule has 124 valence electrons. The van der Waals surface area contributed by atoms with Crippen LogP contribution >= 0.6 is 34.8 Å². The molecule has 0 atom stereocenters. The number of aromatic nitrogens is 2. The number of hydrogen-bond donors (Lipinski definition) is 1. The molecule has 1 heterocycles. The van der Waals surface area contributed by atoms with Gasteiger partial charge in [-0.25, -0.2) is 9.48 Å². The monoisotopic (exact) mass is 384 g/mol. The first-order valence-corrected chi connectivity index (χ1v) is 7.38. The molecule has 0 saturated carbocycles. The Kier molecular flexibility index (Phi) is 7.41. The second kappa shape index (κ2) is 9.05. The summed E-state index contributed by atoms with van der Waals surface area (Å²) in [5.74, 6) is 2.49. The summed E-state index contributed by atoms with van der Waals surface area (Å²) in [5, 5.41) is 14.0. The average Bonchev–Trinajstić information content (AvgIpc) is 2.96. The normalized spacial score (nSPS) is 9.25. The van der Waals surface area contributed by atoms with Gasteiger partial charge >= 0.3 is 6.09 Å². The molecule has 0 unspecified atom stereocenters. The van der Waals surface area contributed by atoms with E-state index in [0.717, 1.165) is 0 Å². The summed E-state index contributed by atoms with van der Waals surface area (Å²) in [7, 11) is 1.22. The smallest absolute Gasteiger partial charge is 0.404 e. The Bertz CT molecular complexity index is 834. The van der Waals surface area contributed by atoms with E-state index >= 15 is 0 Å². The van der Waals surface area contributed by atoms with Gasteiger partial charge in [-0.3, -0.25) is 0 Å². The molecule has 0 spiro atoms. The third kappa shape index (κ3) is 4.56. The first kappa shape index (κ1) is 19.7. The molecule has 24 heavy (non-hydrogen) atoms. The van der Waals surface area contributed by atoms with Crippen LogP contribution in [0, 0.1) is 23.7 Å². The maximum atomic E-state index is 9.37. The number of nitrogens with two attached hydrogens (primary N) is 1. The van der Waals surface area contributed by atoms with Crippen molar-refractivity contribution in [2.75, 3.05) is 7.11 Å². The highest BCUT2D eigenvalue weighted by atomic mass is 35.5. The van der Waals surface area contributed by atoms with E-state index in [0.29, 0.717) is 22.0 Å². The van der Waals surface area contributed by atoms with Gasteiger partial charge < -0.3 is 10.5 Å². The summed E-state index contributed by atoms with van der Waals surface area (Å²) >= 11 is 18.0. The number of carbonyl (C=O) groups excluding carboxylic acids is 1. The van der Waals surface area contributed by atoms with Crippen molar-refractivity contribution in [1.82, 2.24) is 9.78 Å². The number of halogens is 3. The summed E-state index contributed by atoms with van der Waals surface area (Å²) < 4.78 is 5.39. The molecule has 0 aliphatic carbocycles. The Morgan fingerprint density at radius 3 is 2.54 bits per heavy atom. The van der Waals surface area contributed by atoms with E-state index in [2.05, 4.69) is 21.5 Å². The van der Waals surface area contributed by atoms with Crippen molar-refractivity contribution in [2.45, 2.75) is 6.42 Å². The Morgan fingerprint density at radius 1 is 1.42 bits per heavy atom. The van der Waals surface area contributed by atoms with Crippen LogP contribution in [0.2, 0.25) is 15.1 Å². The molecule has 1 aromatic heterocycles. The van der Waals surface area contributed by atoms with Gasteiger partial charge in [-0.1, -0.05) is 34.8 Å². The van der Waals surface area contributed by atoms with Gasteiger partial charge in [0.15, 0.2) is 0 Å². The van der Waals surface area contributed by atoms with Crippen LogP contribution in [-0.2, 0) is 11.2 Å². The third-order valence-corrected chi connectivity index (χ3v) is 3.99. The Balaban J connectivity index is 0.000000505. The quantitative estimate of drug-likeness (QED) is 0.631. The molecule has 0 aliphatic rings. The highest BCUT2D eigenvalue weighted by Gasteiger charge is 2.16. The maximum absolute atomic E-state index is 9.37. The van der Waals surface area contributed by atoms with Crippen molar-refractivity contribution in [3.8, 4) is 24.1 Å². The van der Waals surface area contributed by atoms with Gasteiger partial charge in [0.2, 0.25) is 0 Å². The van der Waals surface area contributed by atoms with Crippen LogP contribution in [0.25, 0.3) is 5.69 Å². The summed E-state index contributed by atoms with van der Waals surface area (Å²) in [6.45, 7) is 0. The number of methoxy groups -OCH3 is 1. The summed E-state index contributed by atoms with van der Waals surface area (Å²) in [4.78, 5) is 9.37. The Morgan fingerprint density at radius 2 is 2.04 bits per heavy atom. The number of terminal acetylenes is 1. The highest BCUT2D eigenvalue weighted by Crippen LogP contribution is 2.35. The Hall–Kier alpha value is -2.38. The molecule has 0 radical (unpaired) electrons. The average molecular weight is 386 g/mol. The number of nitriles is 1. The van der Waals surface area contributed by atoms with Crippen LogP contribution in [0.3, 0.4) is 0 Å². The summed E-state index contributed by atoms with van der Waals surface area (Å²) in [5.41, 5.74) is 5.95. The lowest BCUT2D eigenvalue weighted by Gasteiger charge is -2.10. The van der Waals surface area contributed by atoms with Crippen molar-refractivity contribution >= 4 is 40.9 Å². The number of rotatable bonds is 2. The van der Waals surface area contributed by atoms with E-state index in [-0.39, 0.29) is 16.5 Å². The van der Waals surface area contributed by atoms with Crippen LogP contribution in [0.4, 0.5) is 4.79 Å². The lowest BCUT2D eigenvalue weighted by atomic mass is 10.2. The van der Waals surface area contributed by atoms with Gasteiger partial charge in [0, 0.05) is 0 Å². The highest BCUT2D eigenvalue weighted by molar-refractivity contribution is 6.48. The molecule has 0 aliphatic heterocycles. The minimum atomic E-state index is -0.745. The van der Waals surface area contributed by atoms with Crippen molar-refractivity contribution in [3.05, 3.63) is 44.7 Å². The summed E-state index contributed by atoms with van der Waals surface area (Å²) in [6, 6.07) is 5.32. The van der Waals surface area contributed by atoms with Gasteiger partial charge in [-0.05, 0) is 12.1 Å². The molecule has 2 aromatic rings. The number of carbonyl (C=O) groups is 1. The fourth-order valence-corrected chi connectivity index (χ4v) is 2.23. The molecule has 9 heteroatoms. The van der Waals surface area contributed by atoms with Gasteiger partial charge in [-0.15, -0.1) is 12.3 Å². The molecule has 1 aromatic carbocycles. The van der Waals surface area contributed by atoms with E-state index < -0.39 is 6.09 Å². The van der Waals surface area contributed by atoms with Crippen molar-refractivity contribution in [2.24, 2.45) is 5.73 Å². The zero-order chi connectivity index (χ0) is 18.3. The minimum Gasteiger partial charge on any atom is -0.453 e. The lowest BCUT2D eigenvalue weighted by Crippen LogP contribution is -2.08. The number of primary amides is 1. The predicted molar refractivity (Wildman–Crippen MR) is 92.4 cm³/mol. The molecule has 6 nitrogen and oxygen atoms in total. The van der Waals surface area contributed by atoms with E-state index in [1.54, 1.807) is 12.1 Å². The molecule has 2 rings (SSSR count). The zero-order valence-electron chi connectivity index (χ0n) is 12.4. The van der Waals surface area contributed by atoms with Crippen LogP contribution in [0.15, 0.2) is 18.3 Å². The number of amides is 1. The zero-order valence-corrected chi connectivity index (χ0v) is 14.7. The molecule has 2 N–H and O–H groups in total. The standard InChI is InChI=1S/C13H6Cl3N3.C2H5NO2/c1-2-3-10-8(6-17)7-18-19(10)11-5-4-9(14)12(15)13(11)16;1-5-2(3)4/h1,4-5,7H,3H2;1H3,(H2,3,4). The molecule has 0 saturated heterocycles. The second-order valence-electron chi connectivity index (χ2n) is 4.13. The fourth-order valence-electron chi connectivity index (χ4n) is 1.62. The number of hydrogen-bond acceptors (Lipinski definition) is 4. The van der Waals surface area contributed by atoms with Crippen LogP contribution in [-0.4, -0.2) is 23.0 Å². The van der Waals surface area contributed by atoms with Crippen molar-refractivity contribution in [3.63, 3.8) is 0 Å². The Labute approximate surface area is 153 Å². The van der Waals surface area contributed by atoms with Crippen LogP contribution in [0.5, 0.6) is 0 Å². The SMILES string of the molecule is C#CCc1c(C#N)cnn1-c1ccc(Cl)c(Cl)c1Cl.COC(N)=O. The van der Waals surface area contributed by atoms with Gasteiger partial charge in [-0.2, -0.15) is 10.4 Å². The van der Waals surface area contributed by atoms with Crippen molar-refractivity contribution in [1.29, 1.82) is 5.26 Å². The van der Waals surface area contributed by atoms with E-state index in [1.807, 2.05) is 6.07 Å². The molecule has 1 amide bonds. The predicted octanol–water partition coefficient (Wildman–Crippen LogP) is 3.59. The first-order chi connectivity index (χ1) is 11.4. The van der Waals surface area contributed by atoms with Crippen LogP contribution < -0.4 is 5.73 Å². The topological polar surface area (TPSA) is 93.9 Å². The number of ether oxygens (including phenoxy) is 1. The van der Waals surface area contributed by atoms with Crippen LogP contribution in [0.1, 0.15) is 11.3 Å². The largest absolute Gasteiger partial charge is 0.453 e. The van der Waals surface area contributed by atoms with Crippen molar-refractivity contribution < 1.29 is 9.53 Å². The van der Waals surface area contributed by atoms with E-state index in [1.165, 1.54) is 18.0 Å². The van der Waals surface area contributed by atoms with Gasteiger partial charge in [0.25, 0.3) is 0 Å². The third-order valence-electron chi connectivity index (χ3n) is 2.70. The molecular formula is C15H11Cl3N4O2. The van der Waals surface area contributed by atoms with Gasteiger partial charge in [0.1, 0.15) is 6.07 Å². The number of benzene rings is 1. The van der Waals surface area contributed by atoms with E-state index in [9.17, 15) is 4.79 Å². The minimum absolute atomic E-state index is 0.237. The second-order valence-corrected chi connectivity index (χ2v) is 5.29. The lowest BCUT2D eigenvalue weighted by molar-refractivity contribution is 0.182. The molecular weight excluding hydrogens is 375 g/mol. The number of nitrogens with zero attached hydrogens (tertiary/aromatic N) is 3. The summed E-state index contributed by atoms with van der Waals surface area (Å²) in [6.07, 6.45) is 6.26. The molecule has 0 bridgehead atoms. The fraction of sp³-hybridized carbons (Fsp3) is 0.133. The first-order valence-electron chi connectivity index (χ1n) is 6.25. The van der Waals surface area contributed by atoms with E-state index in [4.69, 9.17) is 46.5 Å². The molecule has 0 fully saturated rings. The maximum Gasteiger partial charge on any atom is 0.404 e. The van der Waals surface area contributed by atoms with Gasteiger partial charge in [0.05, 0.1) is 51.7 Å².